The molecule has 0 bridgehead atoms. The number of piperazine rings is 1. The third kappa shape index (κ3) is 7.20. The zero-order chi connectivity index (χ0) is 40.1. The maximum absolute atomic E-state index is 16.2. The van der Waals surface area contributed by atoms with Crippen molar-refractivity contribution in [2.75, 3.05) is 69.3 Å². The van der Waals surface area contributed by atoms with Crippen LogP contribution in [0.4, 0.5) is 20.2 Å². The minimum atomic E-state index is -0.632. The van der Waals surface area contributed by atoms with Crippen molar-refractivity contribution in [3.8, 4) is 17.2 Å². The molecular formula is C45H47F2N5O6. The Morgan fingerprint density at radius 1 is 0.845 bits per heavy atom. The second kappa shape index (κ2) is 15.6. The van der Waals surface area contributed by atoms with Crippen molar-refractivity contribution in [3.05, 3.63) is 112 Å². The first-order valence-electron chi connectivity index (χ1n) is 20.2. The molecule has 4 aromatic carbocycles. The Bertz CT molecular complexity index is 2230. The quantitative estimate of drug-likeness (QED) is 0.214. The number of aromatic hydroxyl groups is 1. The average Bonchev–Trinajstić information content (AvgIpc) is 3.55. The maximum Gasteiger partial charge on any atom is 0.255 e. The summed E-state index contributed by atoms with van der Waals surface area (Å²) in [6.07, 6.45) is 2.23. The van der Waals surface area contributed by atoms with E-state index in [0.29, 0.717) is 54.6 Å². The summed E-state index contributed by atoms with van der Waals surface area (Å²) < 4.78 is 43.9. The van der Waals surface area contributed by atoms with Gasteiger partial charge in [-0.25, -0.2) is 8.78 Å². The van der Waals surface area contributed by atoms with Crippen LogP contribution in [0.25, 0.3) is 0 Å². The Labute approximate surface area is 336 Å². The summed E-state index contributed by atoms with van der Waals surface area (Å²) >= 11 is 0. The number of benzene rings is 4. The number of piperidine rings is 2. The highest BCUT2D eigenvalue weighted by Gasteiger charge is 2.40. The number of hydrogen-bond donors (Lipinski definition) is 2. The Morgan fingerprint density at radius 3 is 2.36 bits per heavy atom. The number of carbonyl (C=O) groups excluding carboxylic acids is 3. The van der Waals surface area contributed by atoms with Gasteiger partial charge in [-0.05, 0) is 90.4 Å². The second-order valence-electron chi connectivity index (χ2n) is 16.2. The topological polar surface area (TPSA) is 115 Å². The highest BCUT2D eigenvalue weighted by atomic mass is 19.1. The van der Waals surface area contributed by atoms with Gasteiger partial charge in [0.05, 0.1) is 13.7 Å². The zero-order valence-corrected chi connectivity index (χ0v) is 32.5. The fourth-order valence-electron chi connectivity index (χ4n) is 9.69. The lowest BCUT2D eigenvalue weighted by molar-refractivity contribution is -0.136. The van der Waals surface area contributed by atoms with E-state index in [4.69, 9.17) is 9.47 Å². The van der Waals surface area contributed by atoms with Gasteiger partial charge in [0, 0.05) is 93.5 Å². The smallest absolute Gasteiger partial charge is 0.255 e. The predicted molar refractivity (Wildman–Crippen MR) is 214 cm³/mol. The number of phenols is 1. The second-order valence-corrected chi connectivity index (χ2v) is 16.2. The monoisotopic (exact) mass is 791 g/mol. The summed E-state index contributed by atoms with van der Waals surface area (Å²) in [5.41, 5.74) is 4.78. The summed E-state index contributed by atoms with van der Waals surface area (Å²) in [5.74, 6) is -1.04. The standard InChI is InChI=1S/C45H47F2N5O6/c1-57-33-4-2-3-28(20-33)36-26-58-40-23-32(53)6-8-35(40)42(36)29-21-37(46)43(38(47)22-29)51-13-11-27(12-14-51)24-49-15-17-50(18-16-49)31-5-7-34-30(19-31)25-52(45(34)56)39-9-10-41(54)48-44(39)55/h2-8,19-23,27,36,39,42,53H,9-18,24-26H2,1H3,(H,48,54,55)/t36?,39-,42+/m0/s1. The van der Waals surface area contributed by atoms with Gasteiger partial charge in [-0.1, -0.05) is 18.2 Å². The van der Waals surface area contributed by atoms with Crippen LogP contribution in [-0.4, -0.2) is 98.2 Å². The third-order valence-electron chi connectivity index (χ3n) is 12.8. The molecule has 3 atom stereocenters. The highest BCUT2D eigenvalue weighted by molar-refractivity contribution is 6.05. The molecule has 0 radical (unpaired) electrons. The van der Waals surface area contributed by atoms with Crippen molar-refractivity contribution >= 4 is 29.1 Å². The van der Waals surface area contributed by atoms with E-state index in [9.17, 15) is 19.5 Å². The molecule has 9 rings (SSSR count). The van der Waals surface area contributed by atoms with E-state index in [1.54, 1.807) is 30.2 Å². The molecular weight excluding hydrogens is 745 g/mol. The molecule has 0 spiro atoms. The minimum absolute atomic E-state index is 0.0167. The number of hydrogen-bond acceptors (Lipinski definition) is 9. The summed E-state index contributed by atoms with van der Waals surface area (Å²) in [4.78, 5) is 45.5. The molecule has 0 aromatic heterocycles. The van der Waals surface area contributed by atoms with Gasteiger partial charge < -0.3 is 29.3 Å². The van der Waals surface area contributed by atoms with E-state index in [-0.39, 0.29) is 42.2 Å². The first-order chi connectivity index (χ1) is 28.1. The summed E-state index contributed by atoms with van der Waals surface area (Å²) in [5, 5.41) is 12.5. The molecule has 5 heterocycles. The van der Waals surface area contributed by atoms with Gasteiger partial charge in [0.25, 0.3) is 5.91 Å². The molecule has 2 N–H and O–H groups in total. The summed E-state index contributed by atoms with van der Waals surface area (Å²) in [6.45, 7) is 6.11. The van der Waals surface area contributed by atoms with Gasteiger partial charge in [0.15, 0.2) is 0 Å². The van der Waals surface area contributed by atoms with Crippen molar-refractivity contribution in [1.29, 1.82) is 0 Å². The van der Waals surface area contributed by atoms with Crippen molar-refractivity contribution in [2.24, 2.45) is 5.92 Å². The van der Waals surface area contributed by atoms with Crippen LogP contribution in [-0.2, 0) is 16.1 Å². The lowest BCUT2D eigenvalue weighted by Crippen LogP contribution is -2.52. The van der Waals surface area contributed by atoms with Crippen LogP contribution in [0, 0.1) is 17.6 Å². The normalized spacial score (nSPS) is 22.7. The number of anilines is 2. The molecule has 5 aliphatic rings. The van der Waals surface area contributed by atoms with Gasteiger partial charge in [0.2, 0.25) is 11.8 Å². The van der Waals surface area contributed by atoms with Crippen molar-refractivity contribution < 1.29 is 37.7 Å². The number of phenolic OH excluding ortho intramolecular Hbond substituents is 1. The van der Waals surface area contributed by atoms with E-state index < -0.39 is 29.5 Å². The number of amides is 3. The van der Waals surface area contributed by atoms with E-state index in [0.717, 1.165) is 67.9 Å². The molecule has 58 heavy (non-hydrogen) atoms. The maximum atomic E-state index is 16.2. The fourth-order valence-corrected chi connectivity index (χ4v) is 9.69. The minimum Gasteiger partial charge on any atom is -0.508 e. The molecule has 0 saturated carbocycles. The van der Waals surface area contributed by atoms with Crippen molar-refractivity contribution in [1.82, 2.24) is 15.1 Å². The number of halogens is 2. The Hall–Kier alpha value is -5.69. The van der Waals surface area contributed by atoms with E-state index in [2.05, 4.69) is 21.2 Å². The van der Waals surface area contributed by atoms with Crippen LogP contribution in [0.5, 0.6) is 17.2 Å². The largest absolute Gasteiger partial charge is 0.508 e. The number of nitrogens with zero attached hydrogens (tertiary/aromatic N) is 4. The summed E-state index contributed by atoms with van der Waals surface area (Å²) in [6, 6.07) is 20.8. The van der Waals surface area contributed by atoms with Crippen LogP contribution >= 0.6 is 0 Å². The van der Waals surface area contributed by atoms with Gasteiger partial charge in [-0.2, -0.15) is 0 Å². The van der Waals surface area contributed by atoms with Crippen molar-refractivity contribution in [3.63, 3.8) is 0 Å². The third-order valence-corrected chi connectivity index (χ3v) is 12.8. The molecule has 3 saturated heterocycles. The SMILES string of the molecule is COc1cccc(C2COc3cc(O)ccc3[C@H]2c2cc(F)c(N3CCC(CN4CCN(c5ccc6c(c5)CN([C@H]5CCC(=O)NC5=O)C6=O)CC4)CC3)c(F)c2)c1. The van der Waals surface area contributed by atoms with Crippen LogP contribution < -0.4 is 24.6 Å². The zero-order valence-electron chi connectivity index (χ0n) is 32.5. The molecule has 11 nitrogen and oxygen atoms in total. The van der Waals surface area contributed by atoms with Crippen LogP contribution in [0.15, 0.2) is 72.8 Å². The van der Waals surface area contributed by atoms with Crippen LogP contribution in [0.1, 0.15) is 70.1 Å². The fraction of sp³-hybridized carbons (Fsp3) is 0.400. The lowest BCUT2D eigenvalue weighted by atomic mass is 9.75. The Morgan fingerprint density at radius 2 is 1.62 bits per heavy atom. The van der Waals surface area contributed by atoms with Crippen LogP contribution in [0.2, 0.25) is 0 Å². The predicted octanol–water partition coefficient (Wildman–Crippen LogP) is 5.79. The Kier molecular flexibility index (Phi) is 10.2. The number of ether oxygens (including phenoxy) is 2. The molecule has 3 fully saturated rings. The average molecular weight is 792 g/mol. The summed E-state index contributed by atoms with van der Waals surface area (Å²) in [7, 11) is 1.60. The number of nitrogens with one attached hydrogen (secondary N) is 1. The molecule has 5 aliphatic heterocycles. The first kappa shape index (κ1) is 37.9. The number of fused-ring (bicyclic) bond motifs is 2. The number of rotatable bonds is 8. The highest BCUT2D eigenvalue weighted by Crippen LogP contribution is 2.48. The molecule has 0 aliphatic carbocycles. The van der Waals surface area contributed by atoms with Gasteiger partial charge in [-0.15, -0.1) is 0 Å². The van der Waals surface area contributed by atoms with Crippen LogP contribution in [0.3, 0.4) is 0 Å². The number of methoxy groups -OCH3 is 1. The lowest BCUT2D eigenvalue weighted by Gasteiger charge is -2.40. The number of carbonyl (C=O) groups is 3. The van der Waals surface area contributed by atoms with Gasteiger partial charge in [0.1, 0.15) is 40.6 Å². The molecule has 1 unspecified atom stereocenters. The van der Waals surface area contributed by atoms with Gasteiger partial charge >= 0.3 is 0 Å². The molecule has 13 heteroatoms. The number of imide groups is 1. The first-order valence-corrected chi connectivity index (χ1v) is 20.2. The molecule has 3 amide bonds. The Balaban J connectivity index is 0.818. The van der Waals surface area contributed by atoms with E-state index >= 15 is 8.78 Å². The van der Waals surface area contributed by atoms with E-state index in [1.807, 2.05) is 41.3 Å². The van der Waals surface area contributed by atoms with Crippen molar-refractivity contribution in [2.45, 2.75) is 50.1 Å². The molecule has 302 valence electrons. The van der Waals surface area contributed by atoms with Gasteiger partial charge in [-0.3, -0.25) is 24.6 Å². The van der Waals surface area contributed by atoms with E-state index in [1.165, 1.54) is 12.1 Å². The molecule has 4 aromatic rings.